The first-order chi connectivity index (χ1) is 11.5. The number of nitrogens with zero attached hydrogens (tertiary/aromatic N) is 1. The van der Waals surface area contributed by atoms with Gasteiger partial charge in [0.2, 0.25) is 5.91 Å². The number of pyridine rings is 1. The molecule has 7 heteroatoms. The second-order valence-corrected chi connectivity index (χ2v) is 7.19. The van der Waals surface area contributed by atoms with Crippen LogP contribution in [0.1, 0.15) is 22.5 Å². The molecule has 0 aliphatic heterocycles. The van der Waals surface area contributed by atoms with Gasteiger partial charge in [0.15, 0.2) is 0 Å². The van der Waals surface area contributed by atoms with Crippen molar-refractivity contribution in [3.8, 4) is 10.6 Å². The molecule has 5 nitrogen and oxygen atoms in total. The molecule has 24 heavy (non-hydrogen) atoms. The molecule has 3 aromatic rings. The predicted octanol–water partition coefficient (Wildman–Crippen LogP) is 3.04. The molecule has 3 aromatic heterocycles. The summed E-state index contributed by atoms with van der Waals surface area (Å²) in [7, 11) is 0. The van der Waals surface area contributed by atoms with E-state index in [0.29, 0.717) is 5.56 Å². The summed E-state index contributed by atoms with van der Waals surface area (Å²) >= 11 is 3.15. The minimum atomic E-state index is -0.152. The molecule has 0 spiro atoms. The molecular formula is C17H17N3O2S2. The number of aromatic nitrogens is 2. The lowest BCUT2D eigenvalue weighted by Crippen LogP contribution is -2.29. The highest BCUT2D eigenvalue weighted by Gasteiger charge is 2.11. The van der Waals surface area contributed by atoms with Crippen LogP contribution in [0.15, 0.2) is 33.1 Å². The van der Waals surface area contributed by atoms with Gasteiger partial charge in [-0.25, -0.2) is 4.98 Å². The fraction of sp³-hybridized carbons (Fsp3) is 0.235. The van der Waals surface area contributed by atoms with Crippen molar-refractivity contribution in [2.24, 2.45) is 0 Å². The molecule has 0 fully saturated rings. The van der Waals surface area contributed by atoms with Crippen LogP contribution < -0.4 is 10.9 Å². The Labute approximate surface area is 147 Å². The van der Waals surface area contributed by atoms with Gasteiger partial charge in [0.1, 0.15) is 5.01 Å². The third-order valence-electron chi connectivity index (χ3n) is 3.62. The van der Waals surface area contributed by atoms with Gasteiger partial charge in [0, 0.05) is 34.1 Å². The second kappa shape index (κ2) is 7.11. The van der Waals surface area contributed by atoms with Gasteiger partial charge in [0.25, 0.3) is 5.56 Å². The number of hydrogen-bond acceptors (Lipinski definition) is 5. The number of thiazole rings is 1. The van der Waals surface area contributed by atoms with Gasteiger partial charge >= 0.3 is 0 Å². The molecule has 0 aliphatic rings. The monoisotopic (exact) mass is 359 g/mol. The molecule has 1 amide bonds. The van der Waals surface area contributed by atoms with Crippen molar-refractivity contribution in [1.29, 1.82) is 0 Å². The predicted molar refractivity (Wildman–Crippen MR) is 97.5 cm³/mol. The summed E-state index contributed by atoms with van der Waals surface area (Å²) in [4.78, 5) is 31.3. The minimum Gasteiger partial charge on any atom is -0.351 e. The lowest BCUT2D eigenvalue weighted by molar-refractivity contribution is -0.120. The third kappa shape index (κ3) is 3.80. The lowest BCUT2D eigenvalue weighted by Gasteiger charge is -2.07. The third-order valence-corrected chi connectivity index (χ3v) is 5.24. The van der Waals surface area contributed by atoms with Crippen molar-refractivity contribution in [1.82, 2.24) is 15.3 Å². The number of H-pyrrole nitrogens is 1. The Balaban J connectivity index is 1.62. The Bertz CT molecular complexity index is 910. The van der Waals surface area contributed by atoms with Gasteiger partial charge in [-0.1, -0.05) is 0 Å². The zero-order valence-electron chi connectivity index (χ0n) is 13.4. The summed E-state index contributed by atoms with van der Waals surface area (Å²) < 4.78 is 0. The van der Waals surface area contributed by atoms with Crippen LogP contribution in [-0.4, -0.2) is 15.9 Å². The van der Waals surface area contributed by atoms with Crippen LogP contribution in [0.4, 0.5) is 0 Å². The van der Waals surface area contributed by atoms with Gasteiger partial charge in [-0.05, 0) is 36.9 Å². The number of hydrogen-bond donors (Lipinski definition) is 2. The van der Waals surface area contributed by atoms with Crippen LogP contribution in [0.3, 0.4) is 0 Å². The molecule has 124 valence electrons. The van der Waals surface area contributed by atoms with Crippen molar-refractivity contribution in [2.45, 2.75) is 26.8 Å². The topological polar surface area (TPSA) is 74.8 Å². The molecule has 0 unspecified atom stereocenters. The molecule has 0 radical (unpaired) electrons. The van der Waals surface area contributed by atoms with Gasteiger partial charge in [-0.15, -0.1) is 11.3 Å². The zero-order valence-corrected chi connectivity index (χ0v) is 15.0. The number of nitrogens with one attached hydrogen (secondary N) is 2. The van der Waals surface area contributed by atoms with Crippen molar-refractivity contribution in [3.05, 3.63) is 61.1 Å². The molecule has 0 saturated heterocycles. The van der Waals surface area contributed by atoms with Crippen LogP contribution in [-0.2, 0) is 17.8 Å². The quantitative estimate of drug-likeness (QED) is 0.735. The van der Waals surface area contributed by atoms with Gasteiger partial charge in [-0.2, -0.15) is 11.3 Å². The Morgan fingerprint density at radius 2 is 2.17 bits per heavy atom. The molecule has 3 rings (SSSR count). The number of aromatic amines is 1. The Morgan fingerprint density at radius 1 is 1.33 bits per heavy atom. The number of carbonyl (C=O) groups is 1. The van der Waals surface area contributed by atoms with Crippen LogP contribution in [0, 0.1) is 13.8 Å². The molecule has 0 saturated carbocycles. The zero-order chi connectivity index (χ0) is 17.1. The van der Waals surface area contributed by atoms with E-state index in [0.717, 1.165) is 27.5 Å². The molecule has 0 bridgehead atoms. The largest absolute Gasteiger partial charge is 0.351 e. The molecule has 0 aliphatic carbocycles. The molecule has 3 heterocycles. The fourth-order valence-electron chi connectivity index (χ4n) is 2.42. The maximum Gasteiger partial charge on any atom is 0.253 e. The first kappa shape index (κ1) is 16.6. The Kier molecular flexibility index (Phi) is 4.92. The van der Waals surface area contributed by atoms with E-state index in [9.17, 15) is 9.59 Å². The maximum atomic E-state index is 12.1. The van der Waals surface area contributed by atoms with E-state index in [-0.39, 0.29) is 24.4 Å². The highest BCUT2D eigenvalue weighted by molar-refractivity contribution is 7.14. The number of thiophene rings is 1. The molecular weight excluding hydrogens is 342 g/mol. The van der Waals surface area contributed by atoms with Crippen molar-refractivity contribution in [2.75, 3.05) is 0 Å². The van der Waals surface area contributed by atoms with Crippen molar-refractivity contribution < 1.29 is 4.79 Å². The van der Waals surface area contributed by atoms with Gasteiger partial charge in [-0.3, -0.25) is 9.59 Å². The molecule has 2 N–H and O–H groups in total. The van der Waals surface area contributed by atoms with Crippen molar-refractivity contribution in [3.63, 3.8) is 0 Å². The number of amides is 1. The fourth-order valence-corrected chi connectivity index (χ4v) is 3.95. The van der Waals surface area contributed by atoms with Crippen LogP contribution >= 0.6 is 22.7 Å². The van der Waals surface area contributed by atoms with E-state index < -0.39 is 0 Å². The number of rotatable bonds is 5. The first-order valence-electron chi connectivity index (χ1n) is 7.46. The van der Waals surface area contributed by atoms with E-state index >= 15 is 0 Å². The van der Waals surface area contributed by atoms with Crippen LogP contribution in [0.2, 0.25) is 0 Å². The van der Waals surface area contributed by atoms with Crippen molar-refractivity contribution >= 4 is 28.6 Å². The summed E-state index contributed by atoms with van der Waals surface area (Å²) in [6.45, 7) is 3.93. The van der Waals surface area contributed by atoms with E-state index in [4.69, 9.17) is 0 Å². The summed E-state index contributed by atoms with van der Waals surface area (Å²) in [5.74, 6) is -0.142. The summed E-state index contributed by atoms with van der Waals surface area (Å²) in [6, 6.07) is 3.91. The number of aryl methyl sites for hydroxylation is 2. The maximum absolute atomic E-state index is 12.1. The summed E-state index contributed by atoms with van der Waals surface area (Å²) in [5.41, 5.74) is 3.96. The molecule has 0 aromatic carbocycles. The van der Waals surface area contributed by atoms with Crippen LogP contribution in [0.25, 0.3) is 10.6 Å². The van der Waals surface area contributed by atoms with Gasteiger partial charge in [0.05, 0.1) is 12.1 Å². The summed E-state index contributed by atoms with van der Waals surface area (Å²) in [6.07, 6.45) is 0.212. The first-order valence-corrected chi connectivity index (χ1v) is 9.28. The van der Waals surface area contributed by atoms with E-state index in [2.05, 4.69) is 15.3 Å². The van der Waals surface area contributed by atoms with E-state index in [1.165, 1.54) is 11.3 Å². The van der Waals surface area contributed by atoms with Crippen LogP contribution in [0.5, 0.6) is 0 Å². The van der Waals surface area contributed by atoms with E-state index in [1.54, 1.807) is 11.3 Å². The smallest absolute Gasteiger partial charge is 0.253 e. The molecule has 0 atom stereocenters. The number of carbonyl (C=O) groups excluding carboxylic acids is 1. The Morgan fingerprint density at radius 3 is 2.88 bits per heavy atom. The summed E-state index contributed by atoms with van der Waals surface area (Å²) in [5, 5.41) is 9.66. The minimum absolute atomic E-state index is 0.142. The normalized spacial score (nSPS) is 10.8. The standard InChI is InChI=1S/C17H17N3O2S2/c1-10-5-11(2)19-16(22)14(10)7-18-15(21)6-13-9-24-17(20-13)12-3-4-23-8-12/h3-5,8-9H,6-7H2,1-2H3,(H,18,21)(H,19,22). The Hall–Kier alpha value is -2.25. The highest BCUT2D eigenvalue weighted by Crippen LogP contribution is 2.25. The van der Waals surface area contributed by atoms with E-state index in [1.807, 2.05) is 42.1 Å². The second-order valence-electron chi connectivity index (χ2n) is 5.55. The average Bonchev–Trinajstić information content (AvgIpc) is 3.16. The average molecular weight is 359 g/mol. The SMILES string of the molecule is Cc1cc(C)c(CNC(=O)Cc2csc(-c3ccsc3)n2)c(=O)[nH]1. The lowest BCUT2D eigenvalue weighted by atomic mass is 10.1. The van der Waals surface area contributed by atoms with Gasteiger partial charge < -0.3 is 10.3 Å². The highest BCUT2D eigenvalue weighted by atomic mass is 32.1.